The van der Waals surface area contributed by atoms with Crippen molar-refractivity contribution in [2.75, 3.05) is 6.54 Å². The predicted molar refractivity (Wildman–Crippen MR) is 113 cm³/mol. The predicted octanol–water partition coefficient (Wildman–Crippen LogP) is 3.20. The summed E-state index contributed by atoms with van der Waals surface area (Å²) in [6.45, 7) is 9.93. The number of urea groups is 1. The van der Waals surface area contributed by atoms with E-state index < -0.39 is 17.2 Å². The summed E-state index contributed by atoms with van der Waals surface area (Å²) in [5.74, 6) is -0.202. The van der Waals surface area contributed by atoms with Gasteiger partial charge in [0.2, 0.25) is 5.91 Å². The molecule has 2 aromatic rings. The van der Waals surface area contributed by atoms with Gasteiger partial charge >= 0.3 is 6.03 Å². The average Bonchev–Trinajstić information content (AvgIpc) is 2.62. The standard InChI is InChI=1S/C19H23ClN4O3S/c1-5-8-24-17(26)14-7-6-13(20)9-15(14)22-19(24)28-12(4)16(25)23-18(27)21-10-11(2)3/h5-7,9,11-12H,1,8,10H2,2-4H3,(H2,21,23,25,27). The summed E-state index contributed by atoms with van der Waals surface area (Å²) >= 11 is 7.10. The van der Waals surface area contributed by atoms with Crippen molar-refractivity contribution in [2.45, 2.75) is 37.7 Å². The molecule has 28 heavy (non-hydrogen) atoms. The van der Waals surface area contributed by atoms with Crippen molar-refractivity contribution >= 4 is 46.2 Å². The smallest absolute Gasteiger partial charge is 0.321 e. The van der Waals surface area contributed by atoms with Gasteiger partial charge in [0.15, 0.2) is 5.16 Å². The van der Waals surface area contributed by atoms with Gasteiger partial charge < -0.3 is 5.32 Å². The van der Waals surface area contributed by atoms with Gasteiger partial charge in [0.1, 0.15) is 0 Å². The minimum absolute atomic E-state index is 0.244. The third-order valence-corrected chi connectivity index (χ3v) is 5.08. The van der Waals surface area contributed by atoms with Gasteiger partial charge in [-0.25, -0.2) is 9.78 Å². The largest absolute Gasteiger partial charge is 0.338 e. The zero-order chi connectivity index (χ0) is 20.8. The second kappa shape index (κ2) is 9.75. The van der Waals surface area contributed by atoms with Gasteiger partial charge in [0, 0.05) is 18.1 Å². The van der Waals surface area contributed by atoms with E-state index in [-0.39, 0.29) is 18.0 Å². The summed E-state index contributed by atoms with van der Waals surface area (Å²) in [5, 5.41) is 5.52. The molecule has 1 aromatic carbocycles. The number of imide groups is 1. The number of fused-ring (bicyclic) bond motifs is 1. The van der Waals surface area contributed by atoms with Crippen molar-refractivity contribution < 1.29 is 9.59 Å². The summed E-state index contributed by atoms with van der Waals surface area (Å²) in [6, 6.07) is 4.30. The number of nitrogens with zero attached hydrogens (tertiary/aromatic N) is 2. The molecule has 0 bridgehead atoms. The summed E-state index contributed by atoms with van der Waals surface area (Å²) in [5.41, 5.74) is 0.203. The monoisotopic (exact) mass is 422 g/mol. The molecule has 2 N–H and O–H groups in total. The molecule has 3 amide bonds. The van der Waals surface area contributed by atoms with Crippen molar-refractivity contribution in [3.8, 4) is 0 Å². The summed E-state index contributed by atoms with van der Waals surface area (Å²) in [7, 11) is 0. The first-order valence-electron chi connectivity index (χ1n) is 8.79. The zero-order valence-electron chi connectivity index (χ0n) is 16.0. The van der Waals surface area contributed by atoms with Crippen LogP contribution in [0.15, 0.2) is 40.8 Å². The molecule has 0 aliphatic carbocycles. The van der Waals surface area contributed by atoms with Crippen molar-refractivity contribution in [3.63, 3.8) is 0 Å². The lowest BCUT2D eigenvalue weighted by molar-refractivity contribution is -0.119. The van der Waals surface area contributed by atoms with Crippen LogP contribution >= 0.6 is 23.4 Å². The molecule has 1 aromatic heterocycles. The SMILES string of the molecule is C=CCn1c(SC(C)C(=O)NC(=O)NCC(C)C)nc2cc(Cl)ccc2c1=O. The Morgan fingerprint density at radius 3 is 2.71 bits per heavy atom. The Bertz CT molecular complexity index is 958. The molecule has 0 saturated carbocycles. The minimum Gasteiger partial charge on any atom is -0.338 e. The average molecular weight is 423 g/mol. The highest BCUT2D eigenvalue weighted by molar-refractivity contribution is 8.00. The number of halogens is 1. The van der Waals surface area contributed by atoms with E-state index in [2.05, 4.69) is 22.2 Å². The first-order chi connectivity index (χ1) is 13.2. The van der Waals surface area contributed by atoms with Crippen molar-refractivity contribution in [3.05, 3.63) is 46.2 Å². The van der Waals surface area contributed by atoms with Gasteiger partial charge in [-0.05, 0) is 31.0 Å². The van der Waals surface area contributed by atoms with E-state index in [1.54, 1.807) is 31.2 Å². The van der Waals surface area contributed by atoms with Crippen LogP contribution in [0.3, 0.4) is 0 Å². The second-order valence-corrected chi connectivity index (χ2v) is 8.36. The lowest BCUT2D eigenvalue weighted by Crippen LogP contribution is -2.43. The van der Waals surface area contributed by atoms with E-state index in [9.17, 15) is 14.4 Å². The van der Waals surface area contributed by atoms with Crippen LogP contribution in [-0.4, -0.2) is 33.3 Å². The van der Waals surface area contributed by atoms with Gasteiger partial charge in [-0.15, -0.1) is 6.58 Å². The van der Waals surface area contributed by atoms with Crippen LogP contribution in [0.25, 0.3) is 10.9 Å². The number of rotatable bonds is 7. The quantitative estimate of drug-likeness (QED) is 0.406. The Balaban J connectivity index is 2.25. The number of hydrogen-bond donors (Lipinski definition) is 2. The maximum Gasteiger partial charge on any atom is 0.321 e. The normalized spacial score (nSPS) is 12.0. The van der Waals surface area contributed by atoms with E-state index >= 15 is 0 Å². The highest BCUT2D eigenvalue weighted by atomic mass is 35.5. The molecule has 7 nitrogen and oxygen atoms in total. The molecule has 0 aliphatic rings. The van der Waals surface area contributed by atoms with Crippen LogP contribution < -0.4 is 16.2 Å². The minimum atomic E-state index is -0.649. The van der Waals surface area contributed by atoms with E-state index in [0.29, 0.717) is 27.6 Å². The third kappa shape index (κ3) is 5.59. The van der Waals surface area contributed by atoms with Gasteiger partial charge in [-0.3, -0.25) is 19.5 Å². The lowest BCUT2D eigenvalue weighted by Gasteiger charge is -2.15. The molecule has 1 heterocycles. The first-order valence-corrected chi connectivity index (χ1v) is 10.0. The van der Waals surface area contributed by atoms with Gasteiger partial charge in [0.25, 0.3) is 5.56 Å². The van der Waals surface area contributed by atoms with Crippen LogP contribution in [0.2, 0.25) is 5.02 Å². The molecule has 1 atom stereocenters. The number of amides is 3. The topological polar surface area (TPSA) is 93.1 Å². The fourth-order valence-electron chi connectivity index (χ4n) is 2.32. The number of nitrogens with one attached hydrogen (secondary N) is 2. The van der Waals surface area contributed by atoms with Crippen LogP contribution in [0.5, 0.6) is 0 Å². The highest BCUT2D eigenvalue weighted by Crippen LogP contribution is 2.24. The van der Waals surface area contributed by atoms with Crippen LogP contribution in [0, 0.1) is 5.92 Å². The highest BCUT2D eigenvalue weighted by Gasteiger charge is 2.21. The first kappa shape index (κ1) is 22.0. The molecule has 0 aliphatic heterocycles. The molecule has 1 unspecified atom stereocenters. The van der Waals surface area contributed by atoms with E-state index in [1.807, 2.05) is 13.8 Å². The third-order valence-electron chi connectivity index (χ3n) is 3.75. The Labute approximate surface area is 172 Å². The van der Waals surface area contributed by atoms with E-state index in [0.717, 1.165) is 11.8 Å². The van der Waals surface area contributed by atoms with Gasteiger partial charge in [-0.1, -0.05) is 43.3 Å². The Hall–Kier alpha value is -2.32. The Morgan fingerprint density at radius 1 is 1.36 bits per heavy atom. The summed E-state index contributed by atoms with van der Waals surface area (Å²) in [6.07, 6.45) is 1.58. The maximum absolute atomic E-state index is 12.8. The van der Waals surface area contributed by atoms with Crippen molar-refractivity contribution in [1.29, 1.82) is 0 Å². The van der Waals surface area contributed by atoms with Crippen LogP contribution in [-0.2, 0) is 11.3 Å². The molecular formula is C19H23ClN4O3S. The Kier molecular flexibility index (Phi) is 7.65. The Morgan fingerprint density at radius 2 is 2.07 bits per heavy atom. The fourth-order valence-corrected chi connectivity index (χ4v) is 3.40. The number of carbonyl (C=O) groups is 2. The number of thioether (sulfide) groups is 1. The molecule has 150 valence electrons. The summed E-state index contributed by atoms with van der Waals surface area (Å²) in [4.78, 5) is 41.4. The fraction of sp³-hybridized carbons (Fsp3) is 0.368. The summed E-state index contributed by atoms with van der Waals surface area (Å²) < 4.78 is 1.44. The van der Waals surface area contributed by atoms with Gasteiger partial charge in [0.05, 0.1) is 16.2 Å². The number of hydrogen-bond acceptors (Lipinski definition) is 5. The molecule has 0 spiro atoms. The molecule has 0 fully saturated rings. The number of carbonyl (C=O) groups excluding carboxylic acids is 2. The molecule has 2 rings (SSSR count). The molecule has 0 saturated heterocycles. The van der Waals surface area contributed by atoms with Gasteiger partial charge in [-0.2, -0.15) is 0 Å². The maximum atomic E-state index is 12.8. The number of aromatic nitrogens is 2. The number of benzene rings is 1. The van der Waals surface area contributed by atoms with Crippen molar-refractivity contribution in [1.82, 2.24) is 20.2 Å². The molecule has 9 heteroatoms. The second-order valence-electron chi connectivity index (χ2n) is 6.61. The van der Waals surface area contributed by atoms with E-state index in [1.165, 1.54) is 4.57 Å². The van der Waals surface area contributed by atoms with Crippen LogP contribution in [0.4, 0.5) is 4.79 Å². The molecule has 0 radical (unpaired) electrons. The van der Waals surface area contributed by atoms with Crippen molar-refractivity contribution in [2.24, 2.45) is 5.92 Å². The zero-order valence-corrected chi connectivity index (χ0v) is 17.6. The van der Waals surface area contributed by atoms with E-state index in [4.69, 9.17) is 11.6 Å². The number of allylic oxidation sites excluding steroid dienone is 1. The van der Waals surface area contributed by atoms with Crippen LogP contribution in [0.1, 0.15) is 20.8 Å². The molecular weight excluding hydrogens is 400 g/mol. The lowest BCUT2D eigenvalue weighted by atomic mass is 10.2.